The van der Waals surface area contributed by atoms with E-state index in [9.17, 15) is 9.59 Å². The number of benzene rings is 2. The highest BCUT2D eigenvalue weighted by Gasteiger charge is 2.22. The van der Waals surface area contributed by atoms with Crippen LogP contribution in [-0.4, -0.2) is 44.1 Å². The molecule has 4 aromatic rings. The number of aromatic nitrogens is 3. The zero-order valence-corrected chi connectivity index (χ0v) is 18.9. The Kier molecular flexibility index (Phi) is 5.70. The minimum Gasteiger partial charge on any atom is -0.339 e. The Hall–Kier alpha value is -3.85. The molecule has 0 aliphatic carbocycles. The molecule has 2 aromatic heterocycles. The van der Waals surface area contributed by atoms with E-state index in [2.05, 4.69) is 25.0 Å². The first-order valence-electron chi connectivity index (χ1n) is 10.7. The average Bonchev–Trinajstić information content (AvgIpc) is 3.49. The minimum absolute atomic E-state index is 0.00536. The second kappa shape index (κ2) is 8.95. The van der Waals surface area contributed by atoms with Crippen molar-refractivity contribution in [1.29, 1.82) is 0 Å². The summed E-state index contributed by atoms with van der Waals surface area (Å²) in [6.07, 6.45) is 3.69. The largest absolute Gasteiger partial charge is 0.339 e. The van der Waals surface area contributed by atoms with Gasteiger partial charge in [0.2, 0.25) is 0 Å². The van der Waals surface area contributed by atoms with E-state index < -0.39 is 0 Å². The summed E-state index contributed by atoms with van der Waals surface area (Å²) in [6.45, 7) is 3.35. The summed E-state index contributed by atoms with van der Waals surface area (Å²) >= 11 is 1.19. The van der Waals surface area contributed by atoms with Crippen LogP contribution in [0.3, 0.4) is 0 Å². The zero-order valence-electron chi connectivity index (χ0n) is 18.0. The molecule has 1 fully saturated rings. The quantitative estimate of drug-likeness (QED) is 0.452. The van der Waals surface area contributed by atoms with Gasteiger partial charge >= 0.3 is 0 Å². The first kappa shape index (κ1) is 21.0. The van der Waals surface area contributed by atoms with Gasteiger partial charge in [0.1, 0.15) is 10.8 Å². The number of rotatable bonds is 5. The van der Waals surface area contributed by atoms with Crippen molar-refractivity contribution in [2.24, 2.45) is 0 Å². The molecule has 2 aromatic carbocycles. The molecule has 1 aliphatic rings. The predicted molar refractivity (Wildman–Crippen MR) is 129 cm³/mol. The lowest BCUT2D eigenvalue weighted by atomic mass is 10.1. The van der Waals surface area contributed by atoms with Crippen molar-refractivity contribution in [2.75, 3.05) is 23.7 Å². The highest BCUT2D eigenvalue weighted by molar-refractivity contribution is 7.10. The monoisotopic (exact) mass is 458 g/mol. The molecule has 9 heteroatoms. The standard InChI is InChI=1S/C24H22N6O2S/c1-15-21(23(33-29-15)28-20-14-25-18-9-2-3-10-19(18)27-20)22(31)26-17-8-6-7-16(13-17)24(32)30-11-4-5-12-30/h2-3,6-10,13-14H,4-5,11-12H2,1H3,(H,26,31)(H,27,28). The Morgan fingerprint density at radius 2 is 1.82 bits per heavy atom. The van der Waals surface area contributed by atoms with Crippen molar-refractivity contribution >= 4 is 50.9 Å². The normalized spacial score (nSPS) is 13.3. The van der Waals surface area contributed by atoms with Gasteiger partial charge in [0, 0.05) is 24.3 Å². The van der Waals surface area contributed by atoms with Crippen molar-refractivity contribution in [1.82, 2.24) is 19.2 Å². The van der Waals surface area contributed by atoms with Crippen molar-refractivity contribution in [3.63, 3.8) is 0 Å². The van der Waals surface area contributed by atoms with Gasteiger partial charge in [0.05, 0.1) is 28.5 Å². The number of para-hydroxylation sites is 2. The first-order valence-corrected chi connectivity index (χ1v) is 11.5. The lowest BCUT2D eigenvalue weighted by molar-refractivity contribution is 0.0792. The van der Waals surface area contributed by atoms with E-state index in [4.69, 9.17) is 0 Å². The Morgan fingerprint density at radius 3 is 2.64 bits per heavy atom. The van der Waals surface area contributed by atoms with E-state index in [1.54, 1.807) is 37.4 Å². The molecule has 0 atom stereocenters. The number of aryl methyl sites for hydroxylation is 1. The zero-order chi connectivity index (χ0) is 22.8. The third-order valence-corrected chi connectivity index (χ3v) is 6.39. The molecular formula is C24H22N6O2S. The van der Waals surface area contributed by atoms with Crippen LogP contribution in [-0.2, 0) is 0 Å². The predicted octanol–water partition coefficient (Wildman–Crippen LogP) is 4.63. The van der Waals surface area contributed by atoms with Gasteiger partial charge in [-0.2, -0.15) is 4.37 Å². The molecule has 166 valence electrons. The van der Waals surface area contributed by atoms with Crippen LogP contribution in [0.25, 0.3) is 11.0 Å². The summed E-state index contributed by atoms with van der Waals surface area (Å²) in [4.78, 5) is 36.7. The molecule has 0 unspecified atom stereocenters. The smallest absolute Gasteiger partial charge is 0.260 e. The fraction of sp³-hybridized carbons (Fsp3) is 0.208. The summed E-state index contributed by atoms with van der Waals surface area (Å²) in [7, 11) is 0. The number of hydrogen-bond donors (Lipinski definition) is 2. The van der Waals surface area contributed by atoms with Crippen molar-refractivity contribution in [3.05, 3.63) is 71.5 Å². The molecule has 2 N–H and O–H groups in total. The van der Waals surface area contributed by atoms with Gasteiger partial charge in [-0.25, -0.2) is 4.98 Å². The topological polar surface area (TPSA) is 100 Å². The number of carbonyl (C=O) groups excluding carboxylic acids is 2. The number of anilines is 3. The second-order valence-electron chi connectivity index (χ2n) is 7.88. The van der Waals surface area contributed by atoms with E-state index >= 15 is 0 Å². The summed E-state index contributed by atoms with van der Waals surface area (Å²) in [5, 5.41) is 6.67. The number of amides is 2. The molecule has 1 aliphatic heterocycles. The molecule has 8 nitrogen and oxygen atoms in total. The highest BCUT2D eigenvalue weighted by atomic mass is 32.1. The van der Waals surface area contributed by atoms with E-state index in [1.807, 2.05) is 29.2 Å². The van der Waals surface area contributed by atoms with Crippen LogP contribution < -0.4 is 10.6 Å². The molecule has 3 heterocycles. The van der Waals surface area contributed by atoms with Gasteiger partial charge in [-0.3, -0.25) is 14.6 Å². The van der Waals surface area contributed by atoms with Crippen LogP contribution in [0.2, 0.25) is 0 Å². The maximum atomic E-state index is 13.1. The van der Waals surface area contributed by atoms with E-state index in [1.165, 1.54) is 11.5 Å². The molecule has 1 saturated heterocycles. The molecule has 2 amide bonds. The maximum absolute atomic E-state index is 13.1. The summed E-state index contributed by atoms with van der Waals surface area (Å²) in [5.74, 6) is 0.224. The van der Waals surface area contributed by atoms with Gasteiger partial charge in [0.15, 0.2) is 0 Å². The van der Waals surface area contributed by atoms with Crippen molar-refractivity contribution in [3.8, 4) is 0 Å². The van der Waals surface area contributed by atoms with Crippen molar-refractivity contribution in [2.45, 2.75) is 19.8 Å². The van der Waals surface area contributed by atoms with Crippen LogP contribution in [0.5, 0.6) is 0 Å². The molecule has 0 radical (unpaired) electrons. The van der Waals surface area contributed by atoms with Gasteiger partial charge in [-0.05, 0) is 61.6 Å². The Bertz CT molecular complexity index is 1350. The van der Waals surface area contributed by atoms with E-state index in [0.717, 1.165) is 37.0 Å². The average molecular weight is 459 g/mol. The number of likely N-dealkylation sites (tertiary alicyclic amines) is 1. The molecule has 0 bridgehead atoms. The third kappa shape index (κ3) is 4.40. The maximum Gasteiger partial charge on any atom is 0.260 e. The van der Waals surface area contributed by atoms with Crippen LogP contribution in [0.4, 0.5) is 16.5 Å². The van der Waals surface area contributed by atoms with Gasteiger partial charge in [-0.15, -0.1) is 0 Å². The van der Waals surface area contributed by atoms with Gasteiger partial charge < -0.3 is 15.5 Å². The highest BCUT2D eigenvalue weighted by Crippen LogP contribution is 2.29. The number of fused-ring (bicyclic) bond motifs is 1. The Morgan fingerprint density at radius 1 is 1.03 bits per heavy atom. The van der Waals surface area contributed by atoms with Crippen molar-refractivity contribution < 1.29 is 9.59 Å². The second-order valence-corrected chi connectivity index (χ2v) is 8.65. The van der Waals surface area contributed by atoms with Gasteiger partial charge in [-0.1, -0.05) is 18.2 Å². The summed E-state index contributed by atoms with van der Waals surface area (Å²) in [5.41, 5.74) is 3.73. The van der Waals surface area contributed by atoms with E-state index in [-0.39, 0.29) is 11.8 Å². The fourth-order valence-corrected chi connectivity index (χ4v) is 4.68. The third-order valence-electron chi connectivity index (χ3n) is 5.54. The first-order chi connectivity index (χ1) is 16.1. The molecule has 33 heavy (non-hydrogen) atoms. The number of nitrogens with one attached hydrogen (secondary N) is 2. The lowest BCUT2D eigenvalue weighted by Crippen LogP contribution is -2.27. The lowest BCUT2D eigenvalue weighted by Gasteiger charge is -2.16. The summed E-state index contributed by atoms with van der Waals surface area (Å²) < 4.78 is 4.35. The van der Waals surface area contributed by atoms with Gasteiger partial charge in [0.25, 0.3) is 11.8 Å². The number of carbonyl (C=O) groups is 2. The SMILES string of the molecule is Cc1nsc(Nc2cnc3ccccc3n2)c1C(=O)Nc1cccc(C(=O)N2CCCC2)c1. The van der Waals surface area contributed by atoms with Crippen LogP contribution in [0, 0.1) is 6.92 Å². The molecule has 0 saturated carbocycles. The number of nitrogens with zero attached hydrogens (tertiary/aromatic N) is 4. The molecular weight excluding hydrogens is 436 g/mol. The minimum atomic E-state index is -0.303. The molecule has 5 rings (SSSR count). The van der Waals surface area contributed by atoms with Crippen LogP contribution >= 0.6 is 11.5 Å². The van der Waals surface area contributed by atoms with Crippen LogP contribution in [0.15, 0.2) is 54.7 Å². The number of hydrogen-bond acceptors (Lipinski definition) is 7. The Balaban J connectivity index is 1.35. The molecule has 0 spiro atoms. The Labute approximate surface area is 194 Å². The summed E-state index contributed by atoms with van der Waals surface area (Å²) in [6, 6.07) is 14.6. The fourth-order valence-electron chi connectivity index (χ4n) is 3.88. The van der Waals surface area contributed by atoms with E-state index in [0.29, 0.717) is 33.3 Å². The van der Waals surface area contributed by atoms with Crippen LogP contribution in [0.1, 0.15) is 39.3 Å².